The molecule has 0 aromatic rings. The fourth-order valence-corrected chi connectivity index (χ4v) is 1.87. The van der Waals surface area contributed by atoms with Crippen LogP contribution in [0.4, 0.5) is 0 Å². The highest BCUT2D eigenvalue weighted by molar-refractivity contribution is 8.11. The van der Waals surface area contributed by atoms with Crippen molar-refractivity contribution in [2.24, 2.45) is 0 Å². The van der Waals surface area contributed by atoms with E-state index in [1.165, 1.54) is 11.5 Å². The van der Waals surface area contributed by atoms with Gasteiger partial charge in [0.1, 0.15) is 0 Å². The number of thioether (sulfide) groups is 2. The lowest BCUT2D eigenvalue weighted by Gasteiger charge is -2.03. The van der Waals surface area contributed by atoms with E-state index in [1.54, 1.807) is 0 Å². The third kappa shape index (κ3) is 5.19. The minimum absolute atomic E-state index is 0.528. The molecule has 3 heteroatoms. The van der Waals surface area contributed by atoms with E-state index in [-0.39, 0.29) is 0 Å². The van der Waals surface area contributed by atoms with Crippen molar-refractivity contribution in [3.63, 3.8) is 0 Å². The lowest BCUT2D eigenvalue weighted by Crippen LogP contribution is -1.94. The standard InChI is InChI=1S/C5H12S3/c1-3-8-4-5(6)7-2/h5-6H,3-4H2,1-2H3. The zero-order chi connectivity index (χ0) is 6.41. The highest BCUT2D eigenvalue weighted by Crippen LogP contribution is 2.15. The Morgan fingerprint density at radius 2 is 2.25 bits per heavy atom. The Bertz CT molecular complexity index is 46.9. The van der Waals surface area contributed by atoms with Crippen molar-refractivity contribution in [1.82, 2.24) is 0 Å². The van der Waals surface area contributed by atoms with E-state index in [0.717, 1.165) is 0 Å². The van der Waals surface area contributed by atoms with Crippen LogP contribution < -0.4 is 0 Å². The summed E-state index contributed by atoms with van der Waals surface area (Å²) in [5, 5.41) is 0. The lowest BCUT2D eigenvalue weighted by molar-refractivity contribution is 1.43. The summed E-state index contributed by atoms with van der Waals surface area (Å²) in [7, 11) is 0. The van der Waals surface area contributed by atoms with Crippen molar-refractivity contribution in [2.45, 2.75) is 11.5 Å². The summed E-state index contributed by atoms with van der Waals surface area (Å²) in [4.78, 5) is 0. The molecule has 0 aliphatic rings. The van der Waals surface area contributed by atoms with Crippen LogP contribution in [0.3, 0.4) is 0 Å². The van der Waals surface area contributed by atoms with Crippen molar-refractivity contribution in [1.29, 1.82) is 0 Å². The molecular formula is C5H12S3. The van der Waals surface area contributed by atoms with Gasteiger partial charge in [-0.2, -0.15) is 36.2 Å². The Morgan fingerprint density at radius 1 is 1.62 bits per heavy atom. The fourth-order valence-electron chi connectivity index (χ4n) is 0.287. The molecule has 0 rings (SSSR count). The van der Waals surface area contributed by atoms with Gasteiger partial charge in [-0.05, 0) is 12.0 Å². The first-order valence-electron chi connectivity index (χ1n) is 2.59. The molecule has 0 saturated heterocycles. The molecule has 0 spiro atoms. The normalized spacial score (nSPS) is 13.9. The summed E-state index contributed by atoms with van der Waals surface area (Å²) < 4.78 is 0.528. The van der Waals surface area contributed by atoms with E-state index in [1.807, 2.05) is 23.5 Å². The zero-order valence-corrected chi connectivity index (χ0v) is 7.78. The van der Waals surface area contributed by atoms with Crippen molar-refractivity contribution in [2.75, 3.05) is 17.8 Å². The van der Waals surface area contributed by atoms with Gasteiger partial charge in [0.15, 0.2) is 0 Å². The molecule has 0 saturated carbocycles. The van der Waals surface area contributed by atoms with Gasteiger partial charge < -0.3 is 0 Å². The van der Waals surface area contributed by atoms with Crippen LogP contribution in [0.25, 0.3) is 0 Å². The molecule has 0 fully saturated rings. The highest BCUT2D eigenvalue weighted by Gasteiger charge is 1.96. The molecule has 0 amide bonds. The fraction of sp³-hybridized carbons (Fsp3) is 1.00. The SMILES string of the molecule is CCSCC(S)SC. The van der Waals surface area contributed by atoms with E-state index in [9.17, 15) is 0 Å². The molecule has 1 atom stereocenters. The Kier molecular flexibility index (Phi) is 6.98. The van der Waals surface area contributed by atoms with Crippen molar-refractivity contribution < 1.29 is 0 Å². The molecule has 0 N–H and O–H groups in total. The monoisotopic (exact) mass is 168 g/mol. The van der Waals surface area contributed by atoms with Crippen LogP contribution in [0.5, 0.6) is 0 Å². The third-order valence-corrected chi connectivity index (χ3v) is 3.70. The van der Waals surface area contributed by atoms with Crippen LogP contribution in [0, 0.1) is 0 Å². The van der Waals surface area contributed by atoms with Gasteiger partial charge in [-0.15, -0.1) is 0 Å². The number of hydrogen-bond acceptors (Lipinski definition) is 3. The van der Waals surface area contributed by atoms with E-state index in [4.69, 9.17) is 0 Å². The number of rotatable bonds is 4. The molecule has 0 aliphatic carbocycles. The maximum atomic E-state index is 4.31. The molecule has 0 heterocycles. The summed E-state index contributed by atoms with van der Waals surface area (Å²) >= 11 is 8.06. The molecule has 0 nitrogen and oxygen atoms in total. The molecule has 8 heavy (non-hydrogen) atoms. The smallest absolute Gasteiger partial charge is 0.0559 e. The van der Waals surface area contributed by atoms with Crippen LogP contribution in [-0.2, 0) is 0 Å². The molecule has 0 aromatic carbocycles. The topological polar surface area (TPSA) is 0 Å². The first kappa shape index (κ1) is 9.05. The van der Waals surface area contributed by atoms with Crippen LogP contribution in [-0.4, -0.2) is 22.3 Å². The molecule has 1 unspecified atom stereocenters. The summed E-state index contributed by atoms with van der Waals surface area (Å²) in [6.07, 6.45) is 2.09. The quantitative estimate of drug-likeness (QED) is 0.505. The van der Waals surface area contributed by atoms with Gasteiger partial charge in [0.25, 0.3) is 0 Å². The predicted molar refractivity (Wildman–Crippen MR) is 49.3 cm³/mol. The molecule has 0 radical (unpaired) electrons. The van der Waals surface area contributed by atoms with Gasteiger partial charge in [0.2, 0.25) is 0 Å². The largest absolute Gasteiger partial charge is 0.164 e. The Labute approximate surface area is 65.6 Å². The van der Waals surface area contributed by atoms with E-state index >= 15 is 0 Å². The first-order chi connectivity index (χ1) is 3.81. The summed E-state index contributed by atoms with van der Waals surface area (Å²) in [6, 6.07) is 0. The second-order valence-electron chi connectivity index (χ2n) is 1.35. The van der Waals surface area contributed by atoms with Crippen molar-refractivity contribution in [3.8, 4) is 0 Å². The Hall–Kier alpha value is 1.05. The summed E-state index contributed by atoms with van der Waals surface area (Å²) in [5.74, 6) is 2.37. The highest BCUT2D eigenvalue weighted by atomic mass is 32.2. The van der Waals surface area contributed by atoms with Crippen LogP contribution >= 0.6 is 36.2 Å². The van der Waals surface area contributed by atoms with Gasteiger partial charge in [0, 0.05) is 5.75 Å². The lowest BCUT2D eigenvalue weighted by atomic mass is 10.9. The van der Waals surface area contributed by atoms with Crippen LogP contribution in [0.15, 0.2) is 0 Å². The molecular weight excluding hydrogens is 156 g/mol. The van der Waals surface area contributed by atoms with Crippen LogP contribution in [0.1, 0.15) is 6.92 Å². The Balaban J connectivity index is 2.86. The average molecular weight is 168 g/mol. The molecule has 0 aromatic heterocycles. The molecule has 0 aliphatic heterocycles. The third-order valence-electron chi connectivity index (χ3n) is 0.737. The van der Waals surface area contributed by atoms with E-state index in [0.29, 0.717) is 4.58 Å². The Morgan fingerprint density at radius 3 is 2.62 bits per heavy atom. The average Bonchev–Trinajstić information content (AvgIpc) is 1.83. The predicted octanol–water partition coefficient (Wildman–Crippen LogP) is 2.36. The minimum Gasteiger partial charge on any atom is -0.164 e. The van der Waals surface area contributed by atoms with E-state index < -0.39 is 0 Å². The number of thiol groups is 1. The van der Waals surface area contributed by atoms with Gasteiger partial charge in [-0.25, -0.2) is 0 Å². The summed E-state index contributed by atoms with van der Waals surface area (Å²) in [6.45, 7) is 2.17. The van der Waals surface area contributed by atoms with Gasteiger partial charge >= 0.3 is 0 Å². The minimum atomic E-state index is 0.528. The molecule has 50 valence electrons. The number of hydrogen-bond donors (Lipinski definition) is 1. The second kappa shape index (κ2) is 6.17. The maximum Gasteiger partial charge on any atom is 0.0559 e. The zero-order valence-electron chi connectivity index (χ0n) is 5.26. The van der Waals surface area contributed by atoms with Crippen molar-refractivity contribution >= 4 is 36.2 Å². The van der Waals surface area contributed by atoms with E-state index in [2.05, 4.69) is 25.8 Å². The van der Waals surface area contributed by atoms with Crippen LogP contribution in [0.2, 0.25) is 0 Å². The maximum absolute atomic E-state index is 4.31. The van der Waals surface area contributed by atoms with Gasteiger partial charge in [-0.1, -0.05) is 6.92 Å². The van der Waals surface area contributed by atoms with Gasteiger partial charge in [0.05, 0.1) is 4.58 Å². The second-order valence-corrected chi connectivity index (χ2v) is 4.68. The van der Waals surface area contributed by atoms with Gasteiger partial charge in [-0.3, -0.25) is 0 Å². The summed E-state index contributed by atoms with van der Waals surface area (Å²) in [5.41, 5.74) is 0. The molecule has 0 bridgehead atoms. The first-order valence-corrected chi connectivity index (χ1v) is 5.55. The van der Waals surface area contributed by atoms with Crippen molar-refractivity contribution in [3.05, 3.63) is 0 Å².